The van der Waals surface area contributed by atoms with Crippen molar-refractivity contribution in [1.82, 2.24) is 14.5 Å². The molecule has 1 aliphatic heterocycles. The Kier molecular flexibility index (Phi) is 3.48. The molecule has 5 heteroatoms. The Labute approximate surface area is 134 Å². The second-order valence-electron chi connectivity index (χ2n) is 6.29. The van der Waals surface area contributed by atoms with E-state index in [4.69, 9.17) is 4.42 Å². The number of rotatable bonds is 2. The molecule has 3 aromatic rings. The molecule has 1 N–H and O–H groups in total. The molecule has 1 saturated heterocycles. The lowest BCUT2D eigenvalue weighted by Crippen LogP contribution is -2.35. The number of aromatic nitrogens is 2. The first-order chi connectivity index (χ1) is 11.2. The van der Waals surface area contributed by atoms with Crippen molar-refractivity contribution in [3.8, 4) is 0 Å². The van der Waals surface area contributed by atoms with Gasteiger partial charge in [-0.3, -0.25) is 4.79 Å². The molecular weight excluding hydrogens is 290 g/mol. The predicted molar refractivity (Wildman–Crippen MR) is 88.2 cm³/mol. The summed E-state index contributed by atoms with van der Waals surface area (Å²) in [6.45, 7) is 0.801. The van der Waals surface area contributed by atoms with Gasteiger partial charge in [0.1, 0.15) is 5.69 Å². The SMILES string of the molecule is Cn1cccc1C1CCCCCN1C(=O)c1cc2occc2[nH]1. The van der Waals surface area contributed by atoms with Gasteiger partial charge in [-0.25, -0.2) is 0 Å². The predicted octanol–water partition coefficient (Wildman–Crippen LogP) is 3.86. The number of fused-ring (bicyclic) bond motifs is 1. The van der Waals surface area contributed by atoms with Crippen LogP contribution in [0.2, 0.25) is 0 Å². The third kappa shape index (κ3) is 2.46. The maximum absolute atomic E-state index is 13.1. The van der Waals surface area contributed by atoms with Gasteiger partial charge in [-0.2, -0.15) is 0 Å². The monoisotopic (exact) mass is 311 g/mol. The van der Waals surface area contributed by atoms with E-state index in [1.807, 2.05) is 36.3 Å². The first kappa shape index (κ1) is 14.2. The molecule has 120 valence electrons. The van der Waals surface area contributed by atoms with Crippen molar-refractivity contribution in [3.63, 3.8) is 0 Å². The van der Waals surface area contributed by atoms with Gasteiger partial charge in [-0.1, -0.05) is 12.8 Å². The Morgan fingerprint density at radius 1 is 1.30 bits per heavy atom. The smallest absolute Gasteiger partial charge is 0.270 e. The van der Waals surface area contributed by atoms with Gasteiger partial charge in [0.15, 0.2) is 5.58 Å². The van der Waals surface area contributed by atoms with Crippen LogP contribution in [-0.2, 0) is 7.05 Å². The van der Waals surface area contributed by atoms with Crippen LogP contribution in [-0.4, -0.2) is 26.9 Å². The third-order valence-electron chi connectivity index (χ3n) is 4.81. The van der Waals surface area contributed by atoms with Crippen molar-refractivity contribution < 1.29 is 9.21 Å². The molecule has 5 nitrogen and oxygen atoms in total. The summed E-state index contributed by atoms with van der Waals surface area (Å²) in [5.74, 6) is 0.0597. The summed E-state index contributed by atoms with van der Waals surface area (Å²) >= 11 is 0. The van der Waals surface area contributed by atoms with Crippen LogP contribution in [0.25, 0.3) is 11.1 Å². The molecule has 1 amide bonds. The Morgan fingerprint density at radius 2 is 2.22 bits per heavy atom. The van der Waals surface area contributed by atoms with E-state index in [1.165, 1.54) is 12.1 Å². The number of hydrogen-bond acceptors (Lipinski definition) is 2. The van der Waals surface area contributed by atoms with Crippen molar-refractivity contribution in [2.75, 3.05) is 6.54 Å². The van der Waals surface area contributed by atoms with Crippen LogP contribution in [0.5, 0.6) is 0 Å². The highest BCUT2D eigenvalue weighted by Gasteiger charge is 2.29. The van der Waals surface area contributed by atoms with E-state index in [2.05, 4.69) is 15.6 Å². The molecule has 0 spiro atoms. The molecule has 1 fully saturated rings. The van der Waals surface area contributed by atoms with Gasteiger partial charge >= 0.3 is 0 Å². The lowest BCUT2D eigenvalue weighted by atomic mass is 10.1. The fourth-order valence-electron chi connectivity index (χ4n) is 3.60. The van der Waals surface area contributed by atoms with E-state index in [0.29, 0.717) is 5.69 Å². The van der Waals surface area contributed by atoms with Crippen LogP contribution in [0.4, 0.5) is 0 Å². The van der Waals surface area contributed by atoms with E-state index < -0.39 is 0 Å². The van der Waals surface area contributed by atoms with Crippen molar-refractivity contribution in [3.05, 3.63) is 48.1 Å². The zero-order chi connectivity index (χ0) is 15.8. The normalized spacial score (nSPS) is 19.2. The van der Waals surface area contributed by atoms with Crippen LogP contribution in [0.1, 0.15) is 47.9 Å². The number of amides is 1. The van der Waals surface area contributed by atoms with Gasteiger partial charge in [0.2, 0.25) is 0 Å². The summed E-state index contributed by atoms with van der Waals surface area (Å²) < 4.78 is 7.49. The number of H-pyrrole nitrogens is 1. The van der Waals surface area contributed by atoms with Gasteiger partial charge in [0, 0.05) is 37.6 Å². The van der Waals surface area contributed by atoms with E-state index >= 15 is 0 Å². The Bertz CT molecular complexity index is 798. The number of likely N-dealkylation sites (tertiary alicyclic amines) is 1. The average molecular weight is 311 g/mol. The molecular formula is C18H21N3O2. The summed E-state index contributed by atoms with van der Waals surface area (Å²) in [6.07, 6.45) is 8.09. The van der Waals surface area contributed by atoms with Crippen LogP contribution in [0.15, 0.2) is 41.1 Å². The average Bonchev–Trinajstić information content (AvgIpc) is 3.19. The van der Waals surface area contributed by atoms with Crippen LogP contribution < -0.4 is 0 Å². The molecule has 1 unspecified atom stereocenters. The lowest BCUT2D eigenvalue weighted by Gasteiger charge is -2.30. The Morgan fingerprint density at radius 3 is 3.00 bits per heavy atom. The topological polar surface area (TPSA) is 54.2 Å². The highest BCUT2D eigenvalue weighted by atomic mass is 16.3. The van der Waals surface area contributed by atoms with Gasteiger partial charge in [-0.05, 0) is 25.0 Å². The van der Waals surface area contributed by atoms with Crippen LogP contribution in [0, 0.1) is 0 Å². The number of hydrogen-bond donors (Lipinski definition) is 1. The molecule has 1 atom stereocenters. The van der Waals surface area contributed by atoms with Crippen molar-refractivity contribution in [1.29, 1.82) is 0 Å². The zero-order valence-corrected chi connectivity index (χ0v) is 13.3. The standard InChI is InChI=1S/C18H21N3O2/c1-20-9-5-7-15(20)16-6-3-2-4-10-21(16)18(22)14-12-17-13(19-14)8-11-23-17/h5,7-9,11-12,16,19H,2-4,6,10H2,1H3. The fraction of sp³-hybridized carbons (Fsp3) is 0.389. The molecule has 0 aliphatic carbocycles. The molecule has 23 heavy (non-hydrogen) atoms. The Hall–Kier alpha value is -2.43. The number of aryl methyl sites for hydroxylation is 1. The zero-order valence-electron chi connectivity index (χ0n) is 13.3. The summed E-state index contributed by atoms with van der Waals surface area (Å²) in [6, 6.07) is 7.97. The Balaban J connectivity index is 1.69. The van der Waals surface area contributed by atoms with E-state index in [9.17, 15) is 4.79 Å². The number of furan rings is 1. The highest BCUT2D eigenvalue weighted by Crippen LogP contribution is 2.31. The van der Waals surface area contributed by atoms with Crippen molar-refractivity contribution in [2.45, 2.75) is 31.7 Å². The second-order valence-corrected chi connectivity index (χ2v) is 6.29. The molecule has 0 radical (unpaired) electrons. The van der Waals surface area contributed by atoms with E-state index in [0.717, 1.165) is 36.9 Å². The number of carbonyl (C=O) groups excluding carboxylic acids is 1. The maximum atomic E-state index is 13.1. The molecule has 0 saturated carbocycles. The van der Waals surface area contributed by atoms with Crippen molar-refractivity contribution >= 4 is 17.0 Å². The minimum atomic E-state index is 0.0597. The minimum absolute atomic E-state index is 0.0597. The number of nitrogens with zero attached hydrogens (tertiary/aromatic N) is 2. The summed E-state index contributed by atoms with van der Waals surface area (Å²) in [5.41, 5.74) is 3.42. The van der Waals surface area contributed by atoms with Gasteiger partial charge in [0.05, 0.1) is 17.8 Å². The maximum Gasteiger partial charge on any atom is 0.270 e. The molecule has 3 aromatic heterocycles. The van der Waals surface area contributed by atoms with Crippen molar-refractivity contribution in [2.24, 2.45) is 7.05 Å². The summed E-state index contributed by atoms with van der Waals surface area (Å²) in [4.78, 5) is 18.3. The molecule has 4 heterocycles. The van der Waals surface area contributed by atoms with Gasteiger partial charge < -0.3 is 18.9 Å². The quantitative estimate of drug-likeness (QED) is 0.781. The summed E-state index contributed by atoms with van der Waals surface area (Å²) in [5, 5.41) is 0. The molecule has 0 aromatic carbocycles. The molecule has 4 rings (SSSR count). The first-order valence-electron chi connectivity index (χ1n) is 8.22. The van der Waals surface area contributed by atoms with E-state index in [1.54, 1.807) is 6.26 Å². The third-order valence-corrected chi connectivity index (χ3v) is 4.81. The van der Waals surface area contributed by atoms with Gasteiger partial charge in [-0.15, -0.1) is 0 Å². The molecule has 0 bridgehead atoms. The number of carbonyl (C=O) groups is 1. The lowest BCUT2D eigenvalue weighted by molar-refractivity contribution is 0.0669. The fourth-order valence-corrected chi connectivity index (χ4v) is 3.60. The highest BCUT2D eigenvalue weighted by molar-refractivity contribution is 5.97. The minimum Gasteiger partial charge on any atom is -0.463 e. The first-order valence-corrected chi connectivity index (χ1v) is 8.22. The second kappa shape index (κ2) is 5.65. The summed E-state index contributed by atoms with van der Waals surface area (Å²) in [7, 11) is 2.05. The van der Waals surface area contributed by atoms with Crippen LogP contribution in [0.3, 0.4) is 0 Å². The van der Waals surface area contributed by atoms with E-state index in [-0.39, 0.29) is 11.9 Å². The largest absolute Gasteiger partial charge is 0.463 e. The molecule has 1 aliphatic rings. The number of aromatic amines is 1. The number of nitrogens with one attached hydrogen (secondary N) is 1. The van der Waals surface area contributed by atoms with Gasteiger partial charge in [0.25, 0.3) is 5.91 Å². The van der Waals surface area contributed by atoms with Crippen LogP contribution >= 0.6 is 0 Å².